The standard InChI is InChI=1S/C24H28N4O5S/c1-16-2-4-17(5-3-16)12-26-21(29)19-6-7-20-23(31)27(10-11-28(20)22(19)30)15-24(8-9-24)34(32,33)18-13-25-14-18/h2-7,18,25H,8-15H2,1H3,(H,26,29). The van der Waals surface area contributed by atoms with Gasteiger partial charge in [-0.3, -0.25) is 14.4 Å². The predicted molar refractivity (Wildman–Crippen MR) is 126 cm³/mol. The van der Waals surface area contributed by atoms with Crippen molar-refractivity contribution in [2.24, 2.45) is 0 Å². The molecule has 2 amide bonds. The Morgan fingerprint density at radius 2 is 1.79 bits per heavy atom. The number of aromatic nitrogens is 1. The predicted octanol–water partition coefficient (Wildman–Crippen LogP) is 0.462. The highest BCUT2D eigenvalue weighted by Gasteiger charge is 2.59. The fraction of sp³-hybridized carbons (Fsp3) is 0.458. The number of rotatable bonds is 7. The number of carbonyl (C=O) groups excluding carboxylic acids is 2. The van der Waals surface area contributed by atoms with E-state index in [4.69, 9.17) is 0 Å². The van der Waals surface area contributed by atoms with Crippen LogP contribution in [0.2, 0.25) is 0 Å². The zero-order valence-electron chi connectivity index (χ0n) is 19.0. The van der Waals surface area contributed by atoms with Gasteiger partial charge in [-0.1, -0.05) is 29.8 Å². The lowest BCUT2D eigenvalue weighted by Gasteiger charge is -2.36. The van der Waals surface area contributed by atoms with Crippen LogP contribution in [0.15, 0.2) is 41.2 Å². The normalized spacial score (nSPS) is 19.3. The van der Waals surface area contributed by atoms with E-state index in [9.17, 15) is 22.8 Å². The fourth-order valence-corrected chi connectivity index (χ4v) is 7.02. The van der Waals surface area contributed by atoms with Gasteiger partial charge < -0.3 is 20.1 Å². The van der Waals surface area contributed by atoms with Gasteiger partial charge in [-0.15, -0.1) is 0 Å². The summed E-state index contributed by atoms with van der Waals surface area (Å²) in [6, 6.07) is 10.6. The number of sulfone groups is 1. The molecule has 2 N–H and O–H groups in total. The van der Waals surface area contributed by atoms with E-state index >= 15 is 0 Å². The summed E-state index contributed by atoms with van der Waals surface area (Å²) in [4.78, 5) is 40.3. The molecule has 3 heterocycles. The average molecular weight is 485 g/mol. The zero-order chi connectivity index (χ0) is 24.1. The molecular formula is C24H28N4O5S. The molecule has 5 rings (SSSR count). The van der Waals surface area contributed by atoms with Crippen LogP contribution >= 0.6 is 0 Å². The summed E-state index contributed by atoms with van der Waals surface area (Å²) < 4.78 is 26.5. The monoisotopic (exact) mass is 484 g/mol. The molecule has 9 nitrogen and oxygen atoms in total. The second-order valence-electron chi connectivity index (χ2n) is 9.49. The number of carbonyl (C=O) groups is 2. The van der Waals surface area contributed by atoms with Crippen molar-refractivity contribution in [3.05, 3.63) is 69.1 Å². The molecule has 1 saturated heterocycles. The van der Waals surface area contributed by atoms with Crippen molar-refractivity contribution in [3.63, 3.8) is 0 Å². The lowest BCUT2D eigenvalue weighted by molar-refractivity contribution is 0.0694. The number of nitrogens with one attached hydrogen (secondary N) is 2. The van der Waals surface area contributed by atoms with Gasteiger partial charge in [0.1, 0.15) is 11.3 Å². The highest BCUT2D eigenvalue weighted by atomic mass is 32.2. The van der Waals surface area contributed by atoms with Crippen molar-refractivity contribution < 1.29 is 18.0 Å². The average Bonchev–Trinajstić information content (AvgIpc) is 3.55. The second kappa shape index (κ2) is 8.35. The Balaban J connectivity index is 1.30. The van der Waals surface area contributed by atoms with E-state index in [0.29, 0.717) is 32.5 Å². The van der Waals surface area contributed by atoms with Gasteiger partial charge in [0, 0.05) is 39.3 Å². The van der Waals surface area contributed by atoms with Crippen molar-refractivity contribution in [3.8, 4) is 0 Å². The number of fused-ring (bicyclic) bond motifs is 1. The first-order chi connectivity index (χ1) is 16.2. The molecule has 1 aliphatic carbocycles. The molecule has 0 atom stereocenters. The van der Waals surface area contributed by atoms with Crippen molar-refractivity contribution in [2.45, 2.75) is 42.9 Å². The van der Waals surface area contributed by atoms with Gasteiger partial charge >= 0.3 is 0 Å². The van der Waals surface area contributed by atoms with Gasteiger partial charge in [-0.25, -0.2) is 8.42 Å². The number of hydrogen-bond donors (Lipinski definition) is 2. The fourth-order valence-electron chi connectivity index (χ4n) is 4.63. The highest BCUT2D eigenvalue weighted by Crippen LogP contribution is 2.47. The summed E-state index contributed by atoms with van der Waals surface area (Å²) >= 11 is 0. The first-order valence-electron chi connectivity index (χ1n) is 11.5. The lowest BCUT2D eigenvalue weighted by Crippen LogP contribution is -2.57. The van der Waals surface area contributed by atoms with Crippen LogP contribution < -0.4 is 16.2 Å². The molecule has 1 saturated carbocycles. The molecule has 1 aromatic carbocycles. The van der Waals surface area contributed by atoms with Gasteiger partial charge in [0.05, 0.1) is 10.00 Å². The molecule has 3 aliphatic rings. The van der Waals surface area contributed by atoms with Crippen molar-refractivity contribution in [1.82, 2.24) is 20.1 Å². The van der Waals surface area contributed by atoms with Gasteiger partial charge in [-0.05, 0) is 37.5 Å². The molecular weight excluding hydrogens is 456 g/mol. The van der Waals surface area contributed by atoms with E-state index in [2.05, 4.69) is 10.6 Å². The minimum absolute atomic E-state index is 0.0177. The number of nitrogens with zero attached hydrogens (tertiary/aromatic N) is 2. The van der Waals surface area contributed by atoms with Gasteiger partial charge in [0.15, 0.2) is 9.84 Å². The van der Waals surface area contributed by atoms with Gasteiger partial charge in [-0.2, -0.15) is 0 Å². The molecule has 0 bridgehead atoms. The third kappa shape index (κ3) is 3.84. The second-order valence-corrected chi connectivity index (χ2v) is 12.1. The third-order valence-electron chi connectivity index (χ3n) is 7.17. The van der Waals surface area contributed by atoms with Crippen LogP contribution in [-0.4, -0.2) is 65.9 Å². The molecule has 0 unspecified atom stereocenters. The van der Waals surface area contributed by atoms with E-state index < -0.39 is 26.1 Å². The summed E-state index contributed by atoms with van der Waals surface area (Å²) in [5.41, 5.74) is 1.69. The largest absolute Gasteiger partial charge is 0.348 e. The van der Waals surface area contributed by atoms with Crippen LogP contribution in [0, 0.1) is 6.92 Å². The van der Waals surface area contributed by atoms with Crippen LogP contribution in [0.4, 0.5) is 0 Å². The summed E-state index contributed by atoms with van der Waals surface area (Å²) in [6.45, 7) is 3.81. The van der Waals surface area contributed by atoms with Crippen LogP contribution in [0.3, 0.4) is 0 Å². The molecule has 2 aromatic rings. The summed E-state index contributed by atoms with van der Waals surface area (Å²) in [6.07, 6.45) is 1.12. The van der Waals surface area contributed by atoms with Crippen molar-refractivity contribution in [2.75, 3.05) is 26.2 Å². The van der Waals surface area contributed by atoms with Crippen LogP contribution in [0.5, 0.6) is 0 Å². The number of hydrogen-bond acceptors (Lipinski definition) is 6. The number of aryl methyl sites for hydroxylation is 1. The van der Waals surface area contributed by atoms with Crippen LogP contribution in [0.1, 0.15) is 44.8 Å². The third-order valence-corrected chi connectivity index (χ3v) is 10.1. The first kappa shape index (κ1) is 22.8. The van der Waals surface area contributed by atoms with E-state index in [1.807, 2.05) is 31.2 Å². The Kier molecular flexibility index (Phi) is 5.60. The highest BCUT2D eigenvalue weighted by molar-refractivity contribution is 7.93. The topological polar surface area (TPSA) is 118 Å². The SMILES string of the molecule is Cc1ccc(CNC(=O)c2ccc3n(c2=O)CCN(CC2(S(=O)(=O)C4CNC4)CC2)C3=O)cc1. The Morgan fingerprint density at radius 1 is 1.09 bits per heavy atom. The lowest BCUT2D eigenvalue weighted by atomic mass is 10.1. The molecule has 180 valence electrons. The van der Waals surface area contributed by atoms with Crippen LogP contribution in [-0.2, 0) is 22.9 Å². The van der Waals surface area contributed by atoms with E-state index in [-0.39, 0.29) is 42.0 Å². The molecule has 10 heteroatoms. The van der Waals surface area contributed by atoms with Gasteiger partial charge in [0.2, 0.25) is 0 Å². The quantitative estimate of drug-likeness (QED) is 0.590. The molecule has 1 aromatic heterocycles. The minimum atomic E-state index is -3.33. The maximum absolute atomic E-state index is 13.1. The number of pyridine rings is 1. The first-order valence-corrected chi connectivity index (χ1v) is 13.1. The molecule has 0 radical (unpaired) electrons. The smallest absolute Gasteiger partial charge is 0.270 e. The Hall–Kier alpha value is -2.98. The van der Waals surface area contributed by atoms with E-state index in [1.165, 1.54) is 16.7 Å². The van der Waals surface area contributed by atoms with Crippen LogP contribution in [0.25, 0.3) is 0 Å². The molecule has 34 heavy (non-hydrogen) atoms. The molecule has 0 spiro atoms. The summed E-state index contributed by atoms with van der Waals surface area (Å²) in [5.74, 6) is -0.865. The Bertz CT molecular complexity index is 1310. The van der Waals surface area contributed by atoms with Crippen molar-refractivity contribution in [1.29, 1.82) is 0 Å². The zero-order valence-corrected chi connectivity index (χ0v) is 19.9. The number of amides is 2. The molecule has 2 fully saturated rings. The van der Waals surface area contributed by atoms with E-state index in [1.54, 1.807) is 4.90 Å². The summed E-state index contributed by atoms with van der Waals surface area (Å²) in [5, 5.41) is 5.38. The number of benzene rings is 1. The Morgan fingerprint density at radius 3 is 2.41 bits per heavy atom. The summed E-state index contributed by atoms with van der Waals surface area (Å²) in [7, 11) is -3.33. The maximum Gasteiger partial charge on any atom is 0.270 e. The van der Waals surface area contributed by atoms with E-state index in [0.717, 1.165) is 11.1 Å². The van der Waals surface area contributed by atoms with Crippen molar-refractivity contribution >= 4 is 21.7 Å². The minimum Gasteiger partial charge on any atom is -0.348 e. The molecule has 2 aliphatic heterocycles. The Labute approximate surface area is 198 Å². The van der Waals surface area contributed by atoms with Gasteiger partial charge in [0.25, 0.3) is 17.4 Å². The maximum atomic E-state index is 13.1.